The van der Waals surface area contributed by atoms with Crippen molar-refractivity contribution < 1.29 is 26.7 Å². The second-order valence-electron chi connectivity index (χ2n) is 10.7. The molecule has 6 heterocycles. The summed E-state index contributed by atoms with van der Waals surface area (Å²) >= 11 is 0. The van der Waals surface area contributed by atoms with Gasteiger partial charge in [-0.15, -0.1) is 0 Å². The van der Waals surface area contributed by atoms with E-state index in [1.807, 2.05) is 0 Å². The molecular weight excluding hydrogens is 533 g/mol. The molecule has 13 heteroatoms. The molecule has 8 nitrogen and oxygen atoms in total. The van der Waals surface area contributed by atoms with Crippen LogP contribution in [-0.2, 0) is 6.18 Å². The van der Waals surface area contributed by atoms with E-state index >= 15 is 0 Å². The molecule has 2 atom stereocenters. The fourth-order valence-corrected chi connectivity index (χ4v) is 6.20. The number of nitrogens with two attached hydrogens (primary N) is 1. The molecule has 0 spiro atoms. The Bertz CT molecular complexity index is 1500. The van der Waals surface area contributed by atoms with Crippen LogP contribution < -0.4 is 15.4 Å². The van der Waals surface area contributed by atoms with Crippen LogP contribution in [0.1, 0.15) is 36.8 Å². The second kappa shape index (κ2) is 9.79. The highest BCUT2D eigenvalue weighted by Crippen LogP contribution is 2.41. The molecule has 40 heavy (non-hydrogen) atoms. The number of nitrogen functional groups attached to an aromatic ring is 1. The Balaban J connectivity index is 1.44. The summed E-state index contributed by atoms with van der Waals surface area (Å²) in [5, 5.41) is 0.422. The second-order valence-corrected chi connectivity index (χ2v) is 10.7. The molecule has 0 saturated carbocycles. The van der Waals surface area contributed by atoms with Gasteiger partial charge in [0.25, 0.3) is 0 Å². The van der Waals surface area contributed by atoms with Crippen LogP contribution in [0.2, 0.25) is 0 Å². The molecular formula is C27H28F5N7O. The Morgan fingerprint density at radius 2 is 2.00 bits per heavy atom. The SMILES string of the molecule is Cc1cc(N)nc(-c2cc3nc(OCC45CCCN4CC(F)C5)nc(N4CCC=C(F)C4)c3cn2)c1C(F)(F)F. The van der Waals surface area contributed by atoms with E-state index in [9.17, 15) is 22.0 Å². The van der Waals surface area contributed by atoms with E-state index in [4.69, 9.17) is 10.5 Å². The third kappa shape index (κ3) is 4.80. The highest BCUT2D eigenvalue weighted by Gasteiger charge is 2.49. The minimum atomic E-state index is -4.69. The van der Waals surface area contributed by atoms with E-state index in [0.29, 0.717) is 37.1 Å². The van der Waals surface area contributed by atoms with Crippen molar-refractivity contribution in [2.75, 3.05) is 43.4 Å². The molecule has 0 aliphatic carbocycles. The summed E-state index contributed by atoms with van der Waals surface area (Å²) in [6, 6.07) is 2.52. The van der Waals surface area contributed by atoms with E-state index in [1.54, 1.807) is 4.90 Å². The minimum Gasteiger partial charge on any atom is -0.461 e. The zero-order chi connectivity index (χ0) is 28.2. The predicted molar refractivity (Wildman–Crippen MR) is 139 cm³/mol. The molecule has 2 saturated heterocycles. The van der Waals surface area contributed by atoms with Crippen molar-refractivity contribution in [2.24, 2.45) is 0 Å². The molecule has 3 aromatic heterocycles. The maximum Gasteiger partial charge on any atom is 0.418 e. The van der Waals surface area contributed by atoms with Gasteiger partial charge in [0.1, 0.15) is 35.9 Å². The van der Waals surface area contributed by atoms with Crippen LogP contribution in [0.4, 0.5) is 33.6 Å². The lowest BCUT2D eigenvalue weighted by atomic mass is 9.95. The molecule has 2 N–H and O–H groups in total. The van der Waals surface area contributed by atoms with Crippen molar-refractivity contribution in [3.63, 3.8) is 0 Å². The number of pyridine rings is 2. The van der Waals surface area contributed by atoms with E-state index in [2.05, 4.69) is 24.8 Å². The third-order valence-corrected chi connectivity index (χ3v) is 7.94. The number of hydrogen-bond acceptors (Lipinski definition) is 8. The van der Waals surface area contributed by atoms with Crippen LogP contribution in [0.3, 0.4) is 0 Å². The highest BCUT2D eigenvalue weighted by molar-refractivity contribution is 5.91. The number of alkyl halides is 4. The van der Waals surface area contributed by atoms with Gasteiger partial charge in [-0.25, -0.2) is 13.8 Å². The zero-order valence-corrected chi connectivity index (χ0v) is 21.8. The van der Waals surface area contributed by atoms with Gasteiger partial charge in [0.15, 0.2) is 0 Å². The largest absolute Gasteiger partial charge is 0.461 e. The summed E-state index contributed by atoms with van der Waals surface area (Å²) in [5.41, 5.74) is 4.09. The fraction of sp³-hybridized carbons (Fsp3) is 0.481. The number of nitrogens with zero attached hydrogens (tertiary/aromatic N) is 6. The van der Waals surface area contributed by atoms with Gasteiger partial charge in [0.05, 0.1) is 34.2 Å². The molecule has 2 fully saturated rings. The molecule has 3 aliphatic rings. The minimum absolute atomic E-state index is 0.0223. The van der Waals surface area contributed by atoms with Crippen LogP contribution in [0.5, 0.6) is 6.01 Å². The first-order chi connectivity index (χ1) is 19.0. The molecule has 3 aromatic rings. The van der Waals surface area contributed by atoms with Gasteiger partial charge in [-0.3, -0.25) is 9.88 Å². The van der Waals surface area contributed by atoms with Gasteiger partial charge in [-0.05, 0) is 56.5 Å². The number of aromatic nitrogens is 4. The van der Waals surface area contributed by atoms with E-state index in [1.165, 1.54) is 25.3 Å². The van der Waals surface area contributed by atoms with Crippen molar-refractivity contribution in [3.8, 4) is 17.4 Å². The number of anilines is 2. The first kappa shape index (κ1) is 26.6. The van der Waals surface area contributed by atoms with Crippen molar-refractivity contribution in [2.45, 2.75) is 50.5 Å². The van der Waals surface area contributed by atoms with Crippen LogP contribution in [0.15, 0.2) is 30.2 Å². The summed E-state index contributed by atoms with van der Waals surface area (Å²) in [5.74, 6) is -0.0427. The van der Waals surface area contributed by atoms with Crippen LogP contribution >= 0.6 is 0 Å². The van der Waals surface area contributed by atoms with E-state index in [0.717, 1.165) is 25.5 Å². The number of rotatable bonds is 5. The number of ether oxygens (including phenoxy) is 1. The standard InChI is InChI=1S/C27H28F5N7O/c1-15-8-21(33)36-23(22(15)27(30,31)32)20-9-19-18(11-34-20)24(38-6-2-4-16(28)12-38)37-25(35-19)40-14-26-5-3-7-39(26)13-17(29)10-26/h4,8-9,11,17H,2-3,5-7,10,12-14H2,1H3,(H2,33,36). The molecule has 212 valence electrons. The molecule has 0 bridgehead atoms. The average Bonchev–Trinajstić information content (AvgIpc) is 3.41. The molecule has 0 amide bonds. The van der Waals surface area contributed by atoms with Crippen LogP contribution in [0, 0.1) is 6.92 Å². The Morgan fingerprint density at radius 1 is 1.18 bits per heavy atom. The van der Waals surface area contributed by atoms with Crippen molar-refractivity contribution in [1.82, 2.24) is 24.8 Å². The highest BCUT2D eigenvalue weighted by atomic mass is 19.4. The summed E-state index contributed by atoms with van der Waals surface area (Å²) in [6.45, 7) is 3.07. The quantitative estimate of drug-likeness (QED) is 0.435. The topological polar surface area (TPSA) is 93.3 Å². The Morgan fingerprint density at radius 3 is 2.77 bits per heavy atom. The number of halogens is 5. The van der Waals surface area contributed by atoms with Gasteiger partial charge in [0, 0.05) is 25.7 Å². The van der Waals surface area contributed by atoms with Crippen molar-refractivity contribution in [3.05, 3.63) is 41.4 Å². The lowest BCUT2D eigenvalue weighted by Crippen LogP contribution is -2.43. The average molecular weight is 562 g/mol. The van der Waals surface area contributed by atoms with Crippen molar-refractivity contribution >= 4 is 22.5 Å². The van der Waals surface area contributed by atoms with Crippen LogP contribution in [0.25, 0.3) is 22.3 Å². The number of fused-ring (bicyclic) bond motifs is 2. The lowest BCUT2D eigenvalue weighted by molar-refractivity contribution is -0.137. The summed E-state index contributed by atoms with van der Waals surface area (Å²) < 4.78 is 76.6. The molecule has 0 aromatic carbocycles. The Kier molecular flexibility index (Phi) is 6.51. The van der Waals surface area contributed by atoms with E-state index in [-0.39, 0.29) is 47.6 Å². The molecule has 2 unspecified atom stereocenters. The molecule has 6 rings (SSSR count). The Labute approximate surface area is 227 Å². The smallest absolute Gasteiger partial charge is 0.418 e. The Hall–Kier alpha value is -3.61. The predicted octanol–water partition coefficient (Wildman–Crippen LogP) is 5.01. The third-order valence-electron chi connectivity index (χ3n) is 7.94. The van der Waals surface area contributed by atoms with Crippen molar-refractivity contribution in [1.29, 1.82) is 0 Å². The lowest BCUT2D eigenvalue weighted by Gasteiger charge is -2.31. The van der Waals surface area contributed by atoms with Gasteiger partial charge >= 0.3 is 12.2 Å². The first-order valence-electron chi connectivity index (χ1n) is 13.2. The zero-order valence-electron chi connectivity index (χ0n) is 21.8. The van der Waals surface area contributed by atoms with Gasteiger partial charge < -0.3 is 15.4 Å². The summed E-state index contributed by atoms with van der Waals surface area (Å²) in [4.78, 5) is 21.1. The van der Waals surface area contributed by atoms with E-state index < -0.39 is 29.1 Å². The van der Waals surface area contributed by atoms with Gasteiger partial charge in [0.2, 0.25) is 0 Å². The maximum absolute atomic E-state index is 14.3. The molecule has 0 radical (unpaired) electrons. The fourth-order valence-electron chi connectivity index (χ4n) is 6.20. The summed E-state index contributed by atoms with van der Waals surface area (Å²) in [6.07, 6.45) is -0.245. The summed E-state index contributed by atoms with van der Waals surface area (Å²) in [7, 11) is 0. The maximum atomic E-state index is 14.3. The van der Waals surface area contributed by atoms with Gasteiger partial charge in [-0.2, -0.15) is 23.1 Å². The van der Waals surface area contributed by atoms with Gasteiger partial charge in [-0.1, -0.05) is 0 Å². The number of aryl methyl sites for hydroxylation is 1. The normalized spacial score (nSPS) is 23.5. The monoisotopic (exact) mass is 561 g/mol. The first-order valence-corrected chi connectivity index (χ1v) is 13.2. The number of hydrogen-bond donors (Lipinski definition) is 1. The molecule has 3 aliphatic heterocycles. The van der Waals surface area contributed by atoms with Crippen LogP contribution in [-0.4, -0.2) is 69.3 Å².